The van der Waals surface area contributed by atoms with Crippen molar-refractivity contribution in [3.8, 4) is 11.1 Å². The van der Waals surface area contributed by atoms with Crippen LogP contribution in [0.1, 0.15) is 0 Å². The molecule has 0 aromatic heterocycles. The Morgan fingerprint density at radius 3 is 2.20 bits per heavy atom. The average molecular weight is 269 g/mol. The standard InChI is InChI=1S/C12H7BrF2/c13-9-3-6-12(15)11(7-9)8-1-4-10(14)5-2-8/h1-7H. The summed E-state index contributed by atoms with van der Waals surface area (Å²) in [6.45, 7) is 0. The highest BCUT2D eigenvalue weighted by molar-refractivity contribution is 9.10. The maximum absolute atomic E-state index is 13.4. The first-order chi connectivity index (χ1) is 7.16. The fourth-order valence-corrected chi connectivity index (χ4v) is 1.71. The molecule has 0 atom stereocenters. The van der Waals surface area contributed by atoms with E-state index in [1.165, 1.54) is 18.2 Å². The topological polar surface area (TPSA) is 0 Å². The van der Waals surface area contributed by atoms with Gasteiger partial charge in [0.1, 0.15) is 11.6 Å². The second kappa shape index (κ2) is 4.11. The summed E-state index contributed by atoms with van der Waals surface area (Å²) in [5, 5.41) is 0. The van der Waals surface area contributed by atoms with Crippen LogP contribution in [-0.4, -0.2) is 0 Å². The van der Waals surface area contributed by atoms with Crippen molar-refractivity contribution in [2.75, 3.05) is 0 Å². The minimum absolute atomic E-state index is 0.315. The monoisotopic (exact) mass is 268 g/mol. The number of hydrogen-bond donors (Lipinski definition) is 0. The molecule has 0 amide bonds. The molecule has 2 rings (SSSR count). The third-order valence-corrected chi connectivity index (χ3v) is 2.58. The lowest BCUT2D eigenvalue weighted by Gasteiger charge is -2.03. The summed E-state index contributed by atoms with van der Waals surface area (Å²) in [4.78, 5) is 0. The van der Waals surface area contributed by atoms with Crippen LogP contribution in [0.4, 0.5) is 8.78 Å². The maximum Gasteiger partial charge on any atom is 0.131 e. The van der Waals surface area contributed by atoms with Crippen LogP contribution in [0.3, 0.4) is 0 Å². The van der Waals surface area contributed by atoms with Crippen molar-refractivity contribution < 1.29 is 8.78 Å². The predicted molar refractivity (Wildman–Crippen MR) is 59.5 cm³/mol. The van der Waals surface area contributed by atoms with Crippen molar-refractivity contribution in [3.63, 3.8) is 0 Å². The Balaban J connectivity index is 2.53. The van der Waals surface area contributed by atoms with E-state index in [1.807, 2.05) is 0 Å². The molecule has 0 unspecified atom stereocenters. The van der Waals surface area contributed by atoms with Gasteiger partial charge >= 0.3 is 0 Å². The molecule has 0 bridgehead atoms. The fourth-order valence-electron chi connectivity index (χ4n) is 1.35. The van der Waals surface area contributed by atoms with E-state index in [0.717, 1.165) is 4.47 Å². The molecule has 0 saturated heterocycles. The predicted octanol–water partition coefficient (Wildman–Crippen LogP) is 4.39. The summed E-state index contributed by atoms with van der Waals surface area (Å²) in [7, 11) is 0. The number of rotatable bonds is 1. The molecule has 0 nitrogen and oxygen atoms in total. The van der Waals surface area contributed by atoms with Crippen molar-refractivity contribution >= 4 is 15.9 Å². The molecule has 0 heterocycles. The number of benzene rings is 2. The van der Waals surface area contributed by atoms with E-state index in [9.17, 15) is 8.78 Å². The smallest absolute Gasteiger partial charge is 0.131 e. The molecule has 2 aromatic carbocycles. The number of halogens is 3. The largest absolute Gasteiger partial charge is 0.207 e. The maximum atomic E-state index is 13.4. The molecule has 0 saturated carbocycles. The normalized spacial score (nSPS) is 10.3. The molecule has 0 aliphatic heterocycles. The summed E-state index contributed by atoms with van der Waals surface area (Å²) >= 11 is 3.27. The fraction of sp³-hybridized carbons (Fsp3) is 0. The second-order valence-electron chi connectivity index (χ2n) is 3.13. The first kappa shape index (κ1) is 10.3. The van der Waals surface area contributed by atoms with Crippen LogP contribution < -0.4 is 0 Å². The third kappa shape index (κ3) is 2.23. The van der Waals surface area contributed by atoms with Crippen molar-refractivity contribution in [1.29, 1.82) is 0 Å². The van der Waals surface area contributed by atoms with E-state index >= 15 is 0 Å². The van der Waals surface area contributed by atoms with Crippen molar-refractivity contribution in [2.24, 2.45) is 0 Å². The Labute approximate surface area is 94.7 Å². The SMILES string of the molecule is Fc1ccc(-c2cc(Br)ccc2F)cc1. The Hall–Kier alpha value is -1.22. The van der Waals surface area contributed by atoms with Crippen molar-refractivity contribution in [3.05, 3.63) is 58.6 Å². The molecule has 0 fully saturated rings. The molecule has 0 N–H and O–H groups in total. The minimum atomic E-state index is -0.325. The van der Waals surface area contributed by atoms with Gasteiger partial charge in [-0.25, -0.2) is 8.78 Å². The minimum Gasteiger partial charge on any atom is -0.207 e. The van der Waals surface area contributed by atoms with E-state index in [4.69, 9.17) is 0 Å². The lowest BCUT2D eigenvalue weighted by molar-refractivity contribution is 0.625. The zero-order valence-corrected chi connectivity index (χ0v) is 9.26. The summed E-state index contributed by atoms with van der Waals surface area (Å²) in [6, 6.07) is 10.4. The molecule has 15 heavy (non-hydrogen) atoms. The summed E-state index contributed by atoms with van der Waals surface area (Å²) in [5.74, 6) is -0.640. The van der Waals surface area contributed by atoms with Crippen LogP contribution >= 0.6 is 15.9 Å². The molecule has 2 aromatic rings. The van der Waals surface area contributed by atoms with E-state index < -0.39 is 0 Å². The molecular formula is C12H7BrF2. The molecule has 76 valence electrons. The lowest BCUT2D eigenvalue weighted by atomic mass is 10.1. The van der Waals surface area contributed by atoms with Crippen molar-refractivity contribution in [2.45, 2.75) is 0 Å². The quantitative estimate of drug-likeness (QED) is 0.720. The molecule has 3 heteroatoms. The van der Waals surface area contributed by atoms with Gasteiger partial charge in [0.15, 0.2) is 0 Å². The number of hydrogen-bond acceptors (Lipinski definition) is 0. The summed E-state index contributed by atoms with van der Waals surface area (Å²) in [6.07, 6.45) is 0. The second-order valence-corrected chi connectivity index (χ2v) is 4.05. The highest BCUT2D eigenvalue weighted by Gasteiger charge is 2.05. The summed E-state index contributed by atoms with van der Waals surface area (Å²) < 4.78 is 26.9. The van der Waals surface area contributed by atoms with Gasteiger partial charge in [0, 0.05) is 10.0 Å². The van der Waals surface area contributed by atoms with Gasteiger partial charge in [-0.05, 0) is 35.9 Å². The third-order valence-electron chi connectivity index (χ3n) is 2.08. The zero-order valence-electron chi connectivity index (χ0n) is 7.68. The van der Waals surface area contributed by atoms with Crippen LogP contribution in [0.5, 0.6) is 0 Å². The molecule has 0 radical (unpaired) electrons. The van der Waals surface area contributed by atoms with Crippen LogP contribution in [-0.2, 0) is 0 Å². The van der Waals surface area contributed by atoms with E-state index in [0.29, 0.717) is 11.1 Å². The van der Waals surface area contributed by atoms with Gasteiger partial charge in [0.25, 0.3) is 0 Å². The van der Waals surface area contributed by atoms with Crippen LogP contribution in [0.25, 0.3) is 11.1 Å². The zero-order chi connectivity index (χ0) is 10.8. The molecular weight excluding hydrogens is 262 g/mol. The van der Waals surface area contributed by atoms with Crippen molar-refractivity contribution in [1.82, 2.24) is 0 Å². The van der Waals surface area contributed by atoms with Crippen LogP contribution in [0.15, 0.2) is 46.9 Å². The van der Waals surface area contributed by atoms with E-state index in [2.05, 4.69) is 15.9 Å². The molecule has 0 aliphatic rings. The Bertz CT molecular complexity index is 477. The Morgan fingerprint density at radius 2 is 1.53 bits per heavy atom. The molecule has 0 spiro atoms. The van der Waals surface area contributed by atoms with Gasteiger partial charge in [0.2, 0.25) is 0 Å². The average Bonchev–Trinajstić information content (AvgIpc) is 2.23. The first-order valence-electron chi connectivity index (χ1n) is 4.38. The lowest BCUT2D eigenvalue weighted by Crippen LogP contribution is -1.84. The Morgan fingerprint density at radius 1 is 0.867 bits per heavy atom. The Kier molecular flexibility index (Phi) is 2.82. The van der Waals surface area contributed by atoms with E-state index in [1.54, 1.807) is 24.3 Å². The summed E-state index contributed by atoms with van der Waals surface area (Å²) in [5.41, 5.74) is 1.12. The van der Waals surface area contributed by atoms with Gasteiger partial charge in [0.05, 0.1) is 0 Å². The van der Waals surface area contributed by atoms with Gasteiger partial charge in [-0.1, -0.05) is 28.1 Å². The highest BCUT2D eigenvalue weighted by atomic mass is 79.9. The highest BCUT2D eigenvalue weighted by Crippen LogP contribution is 2.26. The van der Waals surface area contributed by atoms with Gasteiger partial charge in [-0.15, -0.1) is 0 Å². The van der Waals surface area contributed by atoms with Gasteiger partial charge in [-0.3, -0.25) is 0 Å². The van der Waals surface area contributed by atoms with E-state index in [-0.39, 0.29) is 11.6 Å². The van der Waals surface area contributed by atoms with Crippen LogP contribution in [0.2, 0.25) is 0 Å². The van der Waals surface area contributed by atoms with Crippen LogP contribution in [0, 0.1) is 11.6 Å². The molecule has 0 aliphatic carbocycles. The van der Waals surface area contributed by atoms with Gasteiger partial charge in [-0.2, -0.15) is 0 Å². The van der Waals surface area contributed by atoms with Gasteiger partial charge < -0.3 is 0 Å². The first-order valence-corrected chi connectivity index (χ1v) is 5.17.